The average Bonchev–Trinajstić information content (AvgIpc) is 2.27. The molecule has 5 heteroatoms. The highest BCUT2D eigenvalue weighted by molar-refractivity contribution is 5.88. The Kier molecular flexibility index (Phi) is 3.75. The summed E-state index contributed by atoms with van der Waals surface area (Å²) in [7, 11) is 1.20. The third-order valence-corrected chi connectivity index (χ3v) is 1.66. The van der Waals surface area contributed by atoms with E-state index in [-0.39, 0.29) is 11.4 Å². The van der Waals surface area contributed by atoms with Crippen molar-refractivity contribution >= 4 is 5.97 Å². The highest BCUT2D eigenvalue weighted by atomic mass is 19.1. The second kappa shape index (κ2) is 5.05. The van der Waals surface area contributed by atoms with Crippen molar-refractivity contribution in [3.63, 3.8) is 0 Å². The normalized spacial score (nSPS) is 9.00. The molecule has 0 atom stereocenters. The number of nitrogens with zero attached hydrogens (tertiary/aromatic N) is 2. The molecule has 0 unspecified atom stereocenters. The Morgan fingerprint density at radius 2 is 2.33 bits per heavy atom. The van der Waals surface area contributed by atoms with E-state index in [1.807, 2.05) is 0 Å². The van der Waals surface area contributed by atoms with E-state index in [1.54, 1.807) is 6.92 Å². The quantitative estimate of drug-likeness (QED) is 0.503. The number of halogens is 1. The van der Waals surface area contributed by atoms with Gasteiger partial charge in [0.1, 0.15) is 6.33 Å². The van der Waals surface area contributed by atoms with Gasteiger partial charge in [0.25, 0.3) is 0 Å². The number of carbonyl (C=O) groups excluding carboxylic acids is 1. The Balaban J connectivity index is 3.04. The Bertz CT molecular complexity index is 435. The van der Waals surface area contributed by atoms with Gasteiger partial charge in [-0.1, -0.05) is 6.92 Å². The van der Waals surface area contributed by atoms with Crippen LogP contribution in [0.25, 0.3) is 0 Å². The van der Waals surface area contributed by atoms with Crippen LogP contribution in [0.4, 0.5) is 4.39 Å². The molecule has 15 heavy (non-hydrogen) atoms. The molecule has 0 radical (unpaired) electrons. The molecule has 4 nitrogen and oxygen atoms in total. The monoisotopic (exact) mass is 208 g/mol. The van der Waals surface area contributed by atoms with Crippen LogP contribution in [0, 0.1) is 17.7 Å². The molecule has 0 fully saturated rings. The number of esters is 1. The minimum absolute atomic E-state index is 0.0905. The fraction of sp³-hybridized carbons (Fsp3) is 0.300. The lowest BCUT2D eigenvalue weighted by atomic mass is 10.2. The summed E-state index contributed by atoms with van der Waals surface area (Å²) in [6, 6.07) is 0. The van der Waals surface area contributed by atoms with Crippen LogP contribution in [-0.4, -0.2) is 23.0 Å². The van der Waals surface area contributed by atoms with Gasteiger partial charge in [0.05, 0.1) is 12.8 Å². The molecule has 0 aliphatic rings. The Hall–Kier alpha value is -1.96. The van der Waals surface area contributed by atoms with Gasteiger partial charge in [-0.15, -0.1) is 0 Å². The van der Waals surface area contributed by atoms with Crippen LogP contribution in [0.2, 0.25) is 0 Å². The van der Waals surface area contributed by atoms with Gasteiger partial charge in [-0.3, -0.25) is 0 Å². The van der Waals surface area contributed by atoms with E-state index in [1.165, 1.54) is 13.4 Å². The highest BCUT2D eigenvalue weighted by Crippen LogP contribution is 2.06. The summed E-state index contributed by atoms with van der Waals surface area (Å²) in [6.45, 7) is 1.77. The van der Waals surface area contributed by atoms with Crippen LogP contribution in [0.5, 0.6) is 0 Å². The zero-order chi connectivity index (χ0) is 11.3. The van der Waals surface area contributed by atoms with Gasteiger partial charge in [0.2, 0.25) is 0 Å². The first-order valence-corrected chi connectivity index (χ1v) is 4.28. The van der Waals surface area contributed by atoms with Gasteiger partial charge in [0.15, 0.2) is 11.5 Å². The summed E-state index contributed by atoms with van der Waals surface area (Å²) < 4.78 is 17.7. The van der Waals surface area contributed by atoms with Crippen LogP contribution in [0.1, 0.15) is 18.3 Å². The van der Waals surface area contributed by atoms with E-state index < -0.39 is 11.8 Å². The fourth-order valence-corrected chi connectivity index (χ4v) is 0.901. The van der Waals surface area contributed by atoms with Crippen LogP contribution in [0.3, 0.4) is 0 Å². The van der Waals surface area contributed by atoms with Gasteiger partial charge in [-0.2, -0.15) is 0 Å². The second-order valence-corrected chi connectivity index (χ2v) is 2.58. The van der Waals surface area contributed by atoms with Crippen molar-refractivity contribution in [3.05, 3.63) is 23.5 Å². The molecule has 0 amide bonds. The molecule has 0 N–H and O–H groups in total. The number of aryl methyl sites for hydroxylation is 1. The molecular weight excluding hydrogens is 199 g/mol. The van der Waals surface area contributed by atoms with E-state index in [4.69, 9.17) is 0 Å². The third kappa shape index (κ3) is 2.74. The van der Waals surface area contributed by atoms with Crippen molar-refractivity contribution in [3.8, 4) is 11.8 Å². The van der Waals surface area contributed by atoms with Crippen molar-refractivity contribution in [1.29, 1.82) is 0 Å². The molecule has 0 saturated carbocycles. The largest absolute Gasteiger partial charge is 0.459 e. The lowest BCUT2D eigenvalue weighted by Crippen LogP contribution is -2.00. The molecule has 78 valence electrons. The van der Waals surface area contributed by atoms with Crippen molar-refractivity contribution in [2.75, 3.05) is 7.11 Å². The van der Waals surface area contributed by atoms with Gasteiger partial charge < -0.3 is 4.74 Å². The average molecular weight is 208 g/mol. The maximum Gasteiger partial charge on any atom is 0.384 e. The Morgan fingerprint density at radius 3 is 2.93 bits per heavy atom. The molecule has 0 aromatic carbocycles. The minimum Gasteiger partial charge on any atom is -0.459 e. The smallest absolute Gasteiger partial charge is 0.384 e. The summed E-state index contributed by atoms with van der Waals surface area (Å²) in [6.07, 6.45) is 1.66. The molecule has 1 heterocycles. The lowest BCUT2D eigenvalue weighted by molar-refractivity contribution is -0.133. The first kappa shape index (κ1) is 11.1. The zero-order valence-electron chi connectivity index (χ0n) is 8.37. The van der Waals surface area contributed by atoms with Crippen LogP contribution < -0.4 is 0 Å². The maximum atomic E-state index is 13.4. The summed E-state index contributed by atoms with van der Waals surface area (Å²) >= 11 is 0. The van der Waals surface area contributed by atoms with Crippen LogP contribution >= 0.6 is 0 Å². The number of ether oxygens (including phenoxy) is 1. The number of rotatable bonds is 1. The summed E-state index contributed by atoms with van der Waals surface area (Å²) in [4.78, 5) is 18.0. The SMILES string of the molecule is CCc1ncnc(C#CC(=O)OC)c1F. The summed E-state index contributed by atoms with van der Waals surface area (Å²) in [5, 5.41) is 0. The highest BCUT2D eigenvalue weighted by Gasteiger charge is 2.07. The Labute approximate surface area is 86.5 Å². The van der Waals surface area contributed by atoms with Crippen LogP contribution in [0.15, 0.2) is 6.33 Å². The molecule has 0 aliphatic carbocycles. The van der Waals surface area contributed by atoms with E-state index >= 15 is 0 Å². The summed E-state index contributed by atoms with van der Waals surface area (Å²) in [5.41, 5.74) is 0.186. The maximum absolute atomic E-state index is 13.4. The van der Waals surface area contributed by atoms with E-state index in [0.29, 0.717) is 6.42 Å². The third-order valence-electron chi connectivity index (χ3n) is 1.66. The molecule has 0 bridgehead atoms. The van der Waals surface area contributed by atoms with Gasteiger partial charge in [-0.05, 0) is 12.3 Å². The van der Waals surface area contributed by atoms with E-state index in [2.05, 4.69) is 26.5 Å². The number of aromatic nitrogens is 2. The molecule has 1 aromatic rings. The number of methoxy groups -OCH3 is 1. The van der Waals surface area contributed by atoms with Crippen LogP contribution in [-0.2, 0) is 16.0 Å². The van der Waals surface area contributed by atoms with Crippen molar-refractivity contribution in [2.24, 2.45) is 0 Å². The summed E-state index contributed by atoms with van der Waals surface area (Å²) in [5.74, 6) is 3.07. The fourth-order valence-electron chi connectivity index (χ4n) is 0.901. The molecule has 0 aliphatic heterocycles. The van der Waals surface area contributed by atoms with Gasteiger partial charge in [-0.25, -0.2) is 19.2 Å². The van der Waals surface area contributed by atoms with E-state index in [9.17, 15) is 9.18 Å². The molecule has 0 saturated heterocycles. The standard InChI is InChI=1S/C10H9FN2O2/c1-3-7-10(11)8(13-6-12-7)4-5-9(14)15-2/h6H,3H2,1-2H3. The first-order valence-electron chi connectivity index (χ1n) is 4.28. The molecule has 1 rings (SSSR count). The molecular formula is C10H9FN2O2. The number of hydrogen-bond acceptors (Lipinski definition) is 4. The predicted molar refractivity (Wildman–Crippen MR) is 50.3 cm³/mol. The Morgan fingerprint density at radius 1 is 1.60 bits per heavy atom. The topological polar surface area (TPSA) is 52.1 Å². The predicted octanol–water partition coefficient (Wildman–Crippen LogP) is 0.703. The first-order chi connectivity index (χ1) is 7.19. The van der Waals surface area contributed by atoms with Crippen molar-refractivity contribution < 1.29 is 13.9 Å². The van der Waals surface area contributed by atoms with Crippen molar-refractivity contribution in [2.45, 2.75) is 13.3 Å². The zero-order valence-corrected chi connectivity index (χ0v) is 8.37. The number of carbonyl (C=O) groups is 1. The molecule has 0 spiro atoms. The minimum atomic E-state index is -0.730. The van der Waals surface area contributed by atoms with Gasteiger partial charge in [0, 0.05) is 5.92 Å². The van der Waals surface area contributed by atoms with E-state index in [0.717, 1.165) is 0 Å². The lowest BCUT2D eigenvalue weighted by Gasteiger charge is -1.98. The second-order valence-electron chi connectivity index (χ2n) is 2.58. The van der Waals surface area contributed by atoms with Crippen molar-refractivity contribution in [1.82, 2.24) is 9.97 Å². The number of hydrogen-bond donors (Lipinski definition) is 0. The molecule has 1 aromatic heterocycles. The van der Waals surface area contributed by atoms with Gasteiger partial charge >= 0.3 is 5.97 Å².